The predicted molar refractivity (Wildman–Crippen MR) is 99.6 cm³/mol. The Morgan fingerprint density at radius 3 is 2.78 bits per heavy atom. The van der Waals surface area contributed by atoms with Crippen LogP contribution in [0.25, 0.3) is 10.2 Å². The first-order valence-electron chi connectivity index (χ1n) is 8.88. The lowest BCUT2D eigenvalue weighted by Crippen LogP contribution is -3.06. The van der Waals surface area contributed by atoms with Gasteiger partial charge in [0.15, 0.2) is 5.82 Å². The number of alkyl halides is 2. The average Bonchev–Trinajstić information content (AvgIpc) is 3.16. The first-order valence-corrected chi connectivity index (χ1v) is 9.70. The third kappa shape index (κ3) is 3.86. The van der Waals surface area contributed by atoms with Crippen molar-refractivity contribution in [3.63, 3.8) is 0 Å². The van der Waals surface area contributed by atoms with E-state index < -0.39 is 6.61 Å². The first-order chi connectivity index (χ1) is 13.0. The number of H-pyrrole nitrogens is 1. The van der Waals surface area contributed by atoms with Crippen molar-refractivity contribution in [2.75, 3.05) is 7.05 Å². The van der Waals surface area contributed by atoms with Gasteiger partial charge in [-0.05, 0) is 49.1 Å². The van der Waals surface area contributed by atoms with Crippen LogP contribution in [0.15, 0.2) is 29.1 Å². The van der Waals surface area contributed by atoms with Crippen molar-refractivity contribution >= 4 is 21.6 Å². The number of aromatic amines is 1. The van der Waals surface area contributed by atoms with Gasteiger partial charge >= 0.3 is 6.61 Å². The highest BCUT2D eigenvalue weighted by Crippen LogP contribution is 2.34. The van der Waals surface area contributed by atoms with Gasteiger partial charge in [-0.1, -0.05) is 0 Å². The van der Waals surface area contributed by atoms with Crippen LogP contribution in [0.2, 0.25) is 0 Å². The van der Waals surface area contributed by atoms with Crippen molar-refractivity contribution in [1.29, 1.82) is 0 Å². The number of halogens is 2. The van der Waals surface area contributed by atoms with Crippen LogP contribution < -0.4 is 15.2 Å². The number of nitrogens with one attached hydrogen (secondary N) is 2. The maximum Gasteiger partial charge on any atom is 0.387 e. The van der Waals surface area contributed by atoms with Crippen LogP contribution in [0, 0.1) is 0 Å². The molecule has 0 saturated carbocycles. The standard InChI is InChI=1S/C19H19F2N3O2S/c1-24(9-11-5-7-12(8-6-11)26-19(20)21)10-15-22-17(25)16-13-3-2-4-14(13)27-18(16)23-15/h5-8,19H,2-4,9-10H2,1H3,(H,22,23,25)/p+1. The van der Waals surface area contributed by atoms with E-state index in [9.17, 15) is 13.6 Å². The van der Waals surface area contributed by atoms with E-state index in [1.165, 1.54) is 22.6 Å². The summed E-state index contributed by atoms with van der Waals surface area (Å²) in [6, 6.07) is 6.61. The Bertz CT molecular complexity index is 1010. The molecule has 5 nitrogen and oxygen atoms in total. The van der Waals surface area contributed by atoms with Crippen LogP contribution in [0.5, 0.6) is 5.75 Å². The summed E-state index contributed by atoms with van der Waals surface area (Å²) < 4.78 is 28.8. The van der Waals surface area contributed by atoms with Gasteiger partial charge in [0.2, 0.25) is 0 Å². The smallest absolute Gasteiger partial charge is 0.387 e. The molecule has 1 aliphatic carbocycles. The highest BCUT2D eigenvalue weighted by Gasteiger charge is 2.21. The molecule has 2 heterocycles. The molecule has 0 aliphatic heterocycles. The summed E-state index contributed by atoms with van der Waals surface area (Å²) in [5.41, 5.74) is 2.13. The monoisotopic (exact) mass is 392 g/mol. The molecular formula is C19H20F2N3O2S+. The van der Waals surface area contributed by atoms with E-state index in [1.807, 2.05) is 7.05 Å². The zero-order valence-corrected chi connectivity index (χ0v) is 15.7. The lowest BCUT2D eigenvalue weighted by atomic mass is 10.2. The molecule has 2 aromatic heterocycles. The molecule has 1 unspecified atom stereocenters. The highest BCUT2D eigenvalue weighted by atomic mass is 32.1. The minimum Gasteiger partial charge on any atom is -0.435 e. The van der Waals surface area contributed by atoms with Crippen LogP contribution >= 0.6 is 11.3 Å². The van der Waals surface area contributed by atoms with E-state index in [2.05, 4.69) is 14.7 Å². The van der Waals surface area contributed by atoms with Crippen molar-refractivity contribution in [1.82, 2.24) is 9.97 Å². The second kappa shape index (κ2) is 7.36. The summed E-state index contributed by atoms with van der Waals surface area (Å²) in [5.74, 6) is 0.816. The van der Waals surface area contributed by atoms with Gasteiger partial charge in [0.05, 0.1) is 12.4 Å². The Labute approximate surface area is 158 Å². The number of aryl methyl sites for hydroxylation is 2. The molecule has 1 aromatic carbocycles. The number of aromatic nitrogens is 2. The molecule has 0 radical (unpaired) electrons. The molecule has 1 atom stereocenters. The second-order valence-electron chi connectivity index (χ2n) is 6.88. The van der Waals surface area contributed by atoms with Gasteiger partial charge in [-0.2, -0.15) is 8.78 Å². The fraction of sp³-hybridized carbons (Fsp3) is 0.368. The summed E-state index contributed by atoms with van der Waals surface area (Å²) in [6.07, 6.45) is 3.13. The number of thiophene rings is 1. The summed E-state index contributed by atoms with van der Waals surface area (Å²) in [5, 5.41) is 0.767. The summed E-state index contributed by atoms with van der Waals surface area (Å²) in [7, 11) is 2.00. The number of ether oxygens (including phenoxy) is 1. The number of quaternary nitrogens is 1. The molecule has 8 heteroatoms. The van der Waals surface area contributed by atoms with Crippen molar-refractivity contribution < 1.29 is 18.4 Å². The third-order valence-electron chi connectivity index (χ3n) is 4.75. The molecule has 1 aliphatic rings. The largest absolute Gasteiger partial charge is 0.435 e. The average molecular weight is 392 g/mol. The zero-order chi connectivity index (χ0) is 19.0. The number of nitrogens with zero attached hydrogens (tertiary/aromatic N) is 1. The Morgan fingerprint density at radius 2 is 2.04 bits per heavy atom. The SMILES string of the molecule is C[NH+](Cc1ccc(OC(F)F)cc1)Cc1nc2sc3c(c2c(=O)[nH]1)CCC3. The van der Waals surface area contributed by atoms with Gasteiger partial charge in [-0.3, -0.25) is 4.79 Å². The van der Waals surface area contributed by atoms with E-state index in [1.54, 1.807) is 23.5 Å². The molecule has 2 N–H and O–H groups in total. The Balaban J connectivity index is 1.46. The number of hydrogen-bond donors (Lipinski definition) is 2. The summed E-state index contributed by atoms with van der Waals surface area (Å²) >= 11 is 1.64. The maximum absolute atomic E-state index is 12.5. The molecular weight excluding hydrogens is 372 g/mol. The third-order valence-corrected chi connectivity index (χ3v) is 5.93. The number of rotatable bonds is 6. The Kier molecular flexibility index (Phi) is 4.92. The van der Waals surface area contributed by atoms with E-state index >= 15 is 0 Å². The van der Waals surface area contributed by atoms with Gasteiger partial charge in [0, 0.05) is 10.4 Å². The molecule has 3 aromatic rings. The fourth-order valence-corrected chi connectivity index (χ4v) is 4.90. The topological polar surface area (TPSA) is 59.4 Å². The lowest BCUT2D eigenvalue weighted by Gasteiger charge is -2.14. The first kappa shape index (κ1) is 18.1. The Hall–Kier alpha value is -2.32. The van der Waals surface area contributed by atoms with Gasteiger partial charge in [0.25, 0.3) is 5.56 Å². The number of hydrogen-bond acceptors (Lipinski definition) is 4. The molecule has 0 fully saturated rings. The normalized spacial score (nSPS) is 14.7. The van der Waals surface area contributed by atoms with E-state index in [-0.39, 0.29) is 11.3 Å². The zero-order valence-electron chi connectivity index (χ0n) is 14.9. The molecule has 0 spiro atoms. The van der Waals surface area contributed by atoms with Crippen LogP contribution in [0.4, 0.5) is 8.78 Å². The number of benzene rings is 1. The lowest BCUT2D eigenvalue weighted by molar-refractivity contribution is -0.908. The van der Waals surface area contributed by atoms with Crippen molar-refractivity contribution in [3.05, 3.63) is 56.4 Å². The highest BCUT2D eigenvalue weighted by molar-refractivity contribution is 7.18. The predicted octanol–water partition coefficient (Wildman–Crippen LogP) is 2.29. The van der Waals surface area contributed by atoms with Crippen LogP contribution in [0.3, 0.4) is 0 Å². The molecule has 27 heavy (non-hydrogen) atoms. The molecule has 0 bridgehead atoms. The van der Waals surface area contributed by atoms with Gasteiger partial charge < -0.3 is 14.6 Å². The molecule has 4 rings (SSSR count). The van der Waals surface area contributed by atoms with Gasteiger partial charge in [-0.15, -0.1) is 11.3 Å². The van der Waals surface area contributed by atoms with E-state index in [4.69, 9.17) is 0 Å². The summed E-state index contributed by atoms with van der Waals surface area (Å²) in [6.45, 7) is -1.57. The van der Waals surface area contributed by atoms with Crippen LogP contribution in [0.1, 0.15) is 28.2 Å². The van der Waals surface area contributed by atoms with Crippen molar-refractivity contribution in [2.24, 2.45) is 0 Å². The molecule has 142 valence electrons. The van der Waals surface area contributed by atoms with E-state index in [0.29, 0.717) is 18.9 Å². The van der Waals surface area contributed by atoms with Crippen LogP contribution in [-0.2, 0) is 25.9 Å². The minimum atomic E-state index is -2.82. The quantitative estimate of drug-likeness (QED) is 0.677. The summed E-state index contributed by atoms with van der Waals surface area (Å²) in [4.78, 5) is 23.4. The fourth-order valence-electron chi connectivity index (χ4n) is 3.62. The van der Waals surface area contributed by atoms with Gasteiger partial charge in [0.1, 0.15) is 23.7 Å². The number of fused-ring (bicyclic) bond motifs is 3. The van der Waals surface area contributed by atoms with Crippen molar-refractivity contribution in [3.8, 4) is 5.75 Å². The van der Waals surface area contributed by atoms with E-state index in [0.717, 1.165) is 39.9 Å². The van der Waals surface area contributed by atoms with Crippen LogP contribution in [-0.4, -0.2) is 23.6 Å². The van der Waals surface area contributed by atoms with Gasteiger partial charge in [-0.25, -0.2) is 4.98 Å². The van der Waals surface area contributed by atoms with Crippen molar-refractivity contribution in [2.45, 2.75) is 39.0 Å². The Morgan fingerprint density at radius 1 is 1.26 bits per heavy atom. The minimum absolute atomic E-state index is 0.0456. The maximum atomic E-state index is 12.5. The molecule has 0 saturated heterocycles. The second-order valence-corrected chi connectivity index (χ2v) is 7.97. The molecule has 0 amide bonds.